The number of aromatic nitrogens is 4. The molecule has 0 aliphatic heterocycles. The van der Waals surface area contributed by atoms with Crippen molar-refractivity contribution < 1.29 is 9.15 Å². The molecule has 3 rings (SSSR count). The van der Waals surface area contributed by atoms with Crippen molar-refractivity contribution in [3.63, 3.8) is 0 Å². The molecule has 0 spiro atoms. The van der Waals surface area contributed by atoms with Gasteiger partial charge in [-0.3, -0.25) is 9.88 Å². The van der Waals surface area contributed by atoms with Gasteiger partial charge in [-0.25, -0.2) is 4.98 Å². The molecule has 0 amide bonds. The zero-order valence-corrected chi connectivity index (χ0v) is 11.4. The fourth-order valence-corrected chi connectivity index (χ4v) is 1.86. The van der Waals surface area contributed by atoms with E-state index in [2.05, 4.69) is 20.2 Å². The first-order valence-corrected chi connectivity index (χ1v) is 6.30. The average molecular weight is 283 g/mol. The Hall–Kier alpha value is -2.96. The van der Waals surface area contributed by atoms with Gasteiger partial charge in [0.15, 0.2) is 0 Å². The zero-order valence-electron chi connectivity index (χ0n) is 11.4. The molecule has 7 heteroatoms. The molecule has 0 unspecified atom stereocenters. The number of hydrogen-bond donors (Lipinski definition) is 0. The van der Waals surface area contributed by atoms with Crippen molar-refractivity contribution in [1.82, 2.24) is 20.2 Å². The SMILES string of the molecule is COc1ccc(N(Cc2ccccn2)c2nnco2)cn1. The summed E-state index contributed by atoms with van der Waals surface area (Å²) in [6.45, 7) is 0.497. The van der Waals surface area contributed by atoms with Gasteiger partial charge in [-0.05, 0) is 18.2 Å². The first-order chi connectivity index (χ1) is 10.4. The van der Waals surface area contributed by atoms with Gasteiger partial charge in [-0.2, -0.15) is 0 Å². The molecule has 0 saturated heterocycles. The Morgan fingerprint density at radius 3 is 2.76 bits per heavy atom. The van der Waals surface area contributed by atoms with Crippen LogP contribution in [-0.2, 0) is 6.54 Å². The molecule has 106 valence electrons. The second-order valence-electron chi connectivity index (χ2n) is 4.19. The molecule has 0 bridgehead atoms. The van der Waals surface area contributed by atoms with Gasteiger partial charge in [0.2, 0.25) is 12.3 Å². The number of anilines is 2. The van der Waals surface area contributed by atoms with Gasteiger partial charge >= 0.3 is 6.01 Å². The highest BCUT2D eigenvalue weighted by Crippen LogP contribution is 2.25. The summed E-state index contributed by atoms with van der Waals surface area (Å²) in [5.74, 6) is 0.544. The standard InChI is InChI=1S/C14H13N5O2/c1-20-13-6-5-12(8-16-13)19(14-18-17-10-21-14)9-11-4-2-3-7-15-11/h2-8,10H,9H2,1H3. The molecule has 3 heterocycles. The Labute approximate surface area is 121 Å². The van der Waals surface area contributed by atoms with Crippen LogP contribution in [-0.4, -0.2) is 27.3 Å². The van der Waals surface area contributed by atoms with Crippen LogP contribution in [0, 0.1) is 0 Å². The Morgan fingerprint density at radius 2 is 2.14 bits per heavy atom. The summed E-state index contributed by atoms with van der Waals surface area (Å²) < 4.78 is 10.4. The van der Waals surface area contributed by atoms with E-state index in [1.54, 1.807) is 25.6 Å². The van der Waals surface area contributed by atoms with Crippen molar-refractivity contribution in [2.24, 2.45) is 0 Å². The van der Waals surface area contributed by atoms with Crippen LogP contribution in [0.3, 0.4) is 0 Å². The molecule has 0 aliphatic carbocycles. The van der Waals surface area contributed by atoms with E-state index < -0.39 is 0 Å². The van der Waals surface area contributed by atoms with E-state index in [1.807, 2.05) is 29.2 Å². The van der Waals surface area contributed by atoms with Gasteiger partial charge in [-0.1, -0.05) is 11.2 Å². The lowest BCUT2D eigenvalue weighted by molar-refractivity contribution is 0.398. The maximum absolute atomic E-state index is 5.30. The minimum atomic E-state index is 0.382. The molecular weight excluding hydrogens is 270 g/mol. The van der Waals surface area contributed by atoms with E-state index in [-0.39, 0.29) is 0 Å². The molecule has 0 radical (unpaired) electrons. The predicted molar refractivity (Wildman–Crippen MR) is 75.2 cm³/mol. The normalized spacial score (nSPS) is 10.3. The van der Waals surface area contributed by atoms with Crippen LogP contribution >= 0.6 is 0 Å². The van der Waals surface area contributed by atoms with Crippen molar-refractivity contribution in [1.29, 1.82) is 0 Å². The first kappa shape index (κ1) is 13.0. The number of methoxy groups -OCH3 is 1. The Kier molecular flexibility index (Phi) is 3.72. The quantitative estimate of drug-likeness (QED) is 0.710. The average Bonchev–Trinajstić information content (AvgIpc) is 3.08. The molecule has 0 fully saturated rings. The lowest BCUT2D eigenvalue weighted by Crippen LogP contribution is -2.17. The van der Waals surface area contributed by atoms with Gasteiger partial charge in [0, 0.05) is 12.3 Å². The summed E-state index contributed by atoms with van der Waals surface area (Å²) in [5, 5.41) is 7.67. The van der Waals surface area contributed by atoms with Crippen LogP contribution in [0.4, 0.5) is 11.7 Å². The fraction of sp³-hybridized carbons (Fsp3) is 0.143. The van der Waals surface area contributed by atoms with Crippen molar-refractivity contribution >= 4 is 11.7 Å². The van der Waals surface area contributed by atoms with Gasteiger partial charge in [0.25, 0.3) is 0 Å². The molecule has 7 nitrogen and oxygen atoms in total. The highest BCUT2D eigenvalue weighted by molar-refractivity contribution is 5.55. The number of pyridine rings is 2. The van der Waals surface area contributed by atoms with Crippen LogP contribution in [0.25, 0.3) is 0 Å². The predicted octanol–water partition coefficient (Wildman–Crippen LogP) is 2.21. The third-order valence-electron chi connectivity index (χ3n) is 2.87. The maximum atomic E-state index is 5.30. The van der Waals surface area contributed by atoms with Crippen LogP contribution in [0.1, 0.15) is 5.69 Å². The largest absolute Gasteiger partial charge is 0.481 e. The third kappa shape index (κ3) is 2.97. The molecule has 0 N–H and O–H groups in total. The molecule has 3 aromatic rings. The van der Waals surface area contributed by atoms with E-state index >= 15 is 0 Å². The molecule has 21 heavy (non-hydrogen) atoms. The molecule has 0 aliphatic rings. The summed E-state index contributed by atoms with van der Waals surface area (Å²) in [4.78, 5) is 10.3. The summed E-state index contributed by atoms with van der Waals surface area (Å²) in [6.07, 6.45) is 4.72. The van der Waals surface area contributed by atoms with E-state index in [9.17, 15) is 0 Å². The van der Waals surface area contributed by atoms with E-state index in [4.69, 9.17) is 9.15 Å². The van der Waals surface area contributed by atoms with Gasteiger partial charge in [0.1, 0.15) is 0 Å². The highest BCUT2D eigenvalue weighted by Gasteiger charge is 2.16. The number of hydrogen-bond acceptors (Lipinski definition) is 7. The Balaban J connectivity index is 1.92. The van der Waals surface area contributed by atoms with Crippen molar-refractivity contribution in [2.45, 2.75) is 6.54 Å². The fourth-order valence-electron chi connectivity index (χ4n) is 1.86. The maximum Gasteiger partial charge on any atom is 0.322 e. The third-order valence-corrected chi connectivity index (χ3v) is 2.87. The highest BCUT2D eigenvalue weighted by atomic mass is 16.5. The second-order valence-corrected chi connectivity index (χ2v) is 4.19. The van der Waals surface area contributed by atoms with Gasteiger partial charge < -0.3 is 9.15 Å². The zero-order chi connectivity index (χ0) is 14.5. The smallest absolute Gasteiger partial charge is 0.322 e. The Morgan fingerprint density at radius 1 is 1.19 bits per heavy atom. The number of rotatable bonds is 5. The lowest BCUT2D eigenvalue weighted by Gasteiger charge is -2.19. The van der Waals surface area contributed by atoms with E-state index in [0.717, 1.165) is 11.4 Å². The van der Waals surface area contributed by atoms with E-state index in [1.165, 1.54) is 6.39 Å². The van der Waals surface area contributed by atoms with Crippen LogP contribution in [0.15, 0.2) is 53.5 Å². The summed E-state index contributed by atoms with van der Waals surface area (Å²) >= 11 is 0. The first-order valence-electron chi connectivity index (χ1n) is 6.30. The van der Waals surface area contributed by atoms with Crippen molar-refractivity contribution in [3.05, 3.63) is 54.8 Å². The van der Waals surface area contributed by atoms with Gasteiger partial charge in [0.05, 0.1) is 31.2 Å². The van der Waals surface area contributed by atoms with Crippen molar-refractivity contribution in [3.8, 4) is 5.88 Å². The summed E-state index contributed by atoms with van der Waals surface area (Å²) in [7, 11) is 1.58. The minimum absolute atomic E-state index is 0.382. The molecule has 3 aromatic heterocycles. The van der Waals surface area contributed by atoms with Crippen LogP contribution < -0.4 is 9.64 Å². The van der Waals surface area contributed by atoms with Crippen LogP contribution in [0.5, 0.6) is 5.88 Å². The second kappa shape index (κ2) is 6.00. The van der Waals surface area contributed by atoms with Crippen molar-refractivity contribution in [2.75, 3.05) is 12.0 Å². The lowest BCUT2D eigenvalue weighted by atomic mass is 10.3. The Bertz CT molecular complexity index is 670. The monoisotopic (exact) mass is 283 g/mol. The molecule has 0 atom stereocenters. The molecule has 0 aromatic carbocycles. The summed E-state index contributed by atoms with van der Waals surface area (Å²) in [6, 6.07) is 9.76. The molecular formula is C14H13N5O2. The number of nitrogens with zero attached hydrogens (tertiary/aromatic N) is 5. The minimum Gasteiger partial charge on any atom is -0.481 e. The molecule has 0 saturated carbocycles. The topological polar surface area (TPSA) is 77.2 Å². The summed E-state index contributed by atoms with van der Waals surface area (Å²) in [5.41, 5.74) is 1.69. The van der Waals surface area contributed by atoms with Gasteiger partial charge in [-0.15, -0.1) is 5.10 Å². The van der Waals surface area contributed by atoms with E-state index in [0.29, 0.717) is 18.4 Å². The number of ether oxygens (including phenoxy) is 1. The van der Waals surface area contributed by atoms with Crippen LogP contribution in [0.2, 0.25) is 0 Å².